The largest absolute Gasteiger partial charge is 0.356 e. The summed E-state index contributed by atoms with van der Waals surface area (Å²) in [5.74, 6) is 2.37. The summed E-state index contributed by atoms with van der Waals surface area (Å²) in [7, 11) is -3.62. The highest BCUT2D eigenvalue weighted by Crippen LogP contribution is 2.24. The molecule has 156 valence electrons. The summed E-state index contributed by atoms with van der Waals surface area (Å²) in [5.41, 5.74) is 2.21. The molecule has 1 aromatic heterocycles. The van der Waals surface area contributed by atoms with Gasteiger partial charge in [0, 0.05) is 30.5 Å². The molecule has 30 heavy (non-hydrogen) atoms. The van der Waals surface area contributed by atoms with Crippen LogP contribution in [-0.2, 0) is 10.0 Å². The molecule has 1 aliphatic heterocycles. The molecule has 0 radical (unpaired) electrons. The van der Waals surface area contributed by atoms with E-state index in [1.165, 1.54) is 12.8 Å². The van der Waals surface area contributed by atoms with Crippen molar-refractivity contribution < 1.29 is 8.42 Å². The first kappa shape index (κ1) is 20.2. The van der Waals surface area contributed by atoms with Crippen molar-refractivity contribution in [3.05, 3.63) is 66.0 Å². The van der Waals surface area contributed by atoms with E-state index < -0.39 is 10.0 Å². The third kappa shape index (κ3) is 4.71. The smallest absolute Gasteiger partial charge is 0.261 e. The average molecular weight is 424 g/mol. The number of benzene rings is 2. The molecule has 0 spiro atoms. The van der Waals surface area contributed by atoms with Gasteiger partial charge in [0.15, 0.2) is 0 Å². The molecule has 1 saturated heterocycles. The van der Waals surface area contributed by atoms with Crippen LogP contribution >= 0.6 is 0 Å². The minimum Gasteiger partial charge on any atom is -0.356 e. The SMILES string of the molecule is Cc1cccc(S(=O)(=O)Nc2ccc(Nc3cc(N4CCCC4)nc(C)n3)cc2)c1. The van der Waals surface area contributed by atoms with Gasteiger partial charge in [-0.2, -0.15) is 0 Å². The predicted molar refractivity (Wildman–Crippen MR) is 120 cm³/mol. The van der Waals surface area contributed by atoms with Gasteiger partial charge in [-0.15, -0.1) is 0 Å². The van der Waals surface area contributed by atoms with Crippen LogP contribution in [0.4, 0.5) is 23.0 Å². The zero-order valence-corrected chi connectivity index (χ0v) is 17.9. The van der Waals surface area contributed by atoms with Crippen molar-refractivity contribution in [1.82, 2.24) is 9.97 Å². The van der Waals surface area contributed by atoms with Crippen LogP contribution in [0.2, 0.25) is 0 Å². The van der Waals surface area contributed by atoms with Crippen molar-refractivity contribution in [3.63, 3.8) is 0 Å². The molecule has 0 unspecified atom stereocenters. The predicted octanol–water partition coefficient (Wildman–Crippen LogP) is 4.24. The van der Waals surface area contributed by atoms with Gasteiger partial charge in [0.2, 0.25) is 0 Å². The average Bonchev–Trinajstić information content (AvgIpc) is 3.24. The van der Waals surface area contributed by atoms with E-state index in [9.17, 15) is 8.42 Å². The molecule has 0 bridgehead atoms. The van der Waals surface area contributed by atoms with E-state index in [2.05, 4.69) is 24.9 Å². The second-order valence-electron chi connectivity index (χ2n) is 7.48. The van der Waals surface area contributed by atoms with Gasteiger partial charge >= 0.3 is 0 Å². The molecule has 2 aromatic carbocycles. The molecule has 0 saturated carbocycles. The molecule has 1 fully saturated rings. The van der Waals surface area contributed by atoms with E-state index in [4.69, 9.17) is 0 Å². The van der Waals surface area contributed by atoms with Gasteiger partial charge < -0.3 is 10.2 Å². The third-order valence-electron chi connectivity index (χ3n) is 4.96. The van der Waals surface area contributed by atoms with Crippen LogP contribution in [0.3, 0.4) is 0 Å². The molecule has 8 heteroatoms. The number of nitrogens with zero attached hydrogens (tertiary/aromatic N) is 3. The fraction of sp³-hybridized carbons (Fsp3) is 0.273. The molecular weight excluding hydrogens is 398 g/mol. The Kier molecular flexibility index (Phi) is 5.59. The van der Waals surface area contributed by atoms with Gasteiger partial charge in [-0.1, -0.05) is 12.1 Å². The Morgan fingerprint density at radius 2 is 1.60 bits per heavy atom. The van der Waals surface area contributed by atoms with Crippen molar-refractivity contribution in [3.8, 4) is 0 Å². The minimum atomic E-state index is -3.62. The van der Waals surface area contributed by atoms with E-state index in [1.807, 2.05) is 38.1 Å². The monoisotopic (exact) mass is 423 g/mol. The van der Waals surface area contributed by atoms with Crippen molar-refractivity contribution in [2.24, 2.45) is 0 Å². The molecule has 4 rings (SSSR count). The van der Waals surface area contributed by atoms with Crippen LogP contribution in [0.5, 0.6) is 0 Å². The molecule has 7 nitrogen and oxygen atoms in total. The van der Waals surface area contributed by atoms with Crippen molar-refractivity contribution in [2.75, 3.05) is 28.0 Å². The summed E-state index contributed by atoms with van der Waals surface area (Å²) in [6, 6.07) is 15.9. The van der Waals surface area contributed by atoms with Crippen LogP contribution in [0.15, 0.2) is 59.5 Å². The lowest BCUT2D eigenvalue weighted by atomic mass is 10.2. The Labute approximate surface area is 177 Å². The Balaban J connectivity index is 1.48. The summed E-state index contributed by atoms with van der Waals surface area (Å²) >= 11 is 0. The number of sulfonamides is 1. The summed E-state index contributed by atoms with van der Waals surface area (Å²) in [4.78, 5) is 11.5. The summed E-state index contributed by atoms with van der Waals surface area (Å²) in [6.07, 6.45) is 2.37. The topological polar surface area (TPSA) is 87.2 Å². The highest BCUT2D eigenvalue weighted by atomic mass is 32.2. The van der Waals surface area contributed by atoms with Gasteiger partial charge in [0.1, 0.15) is 17.5 Å². The van der Waals surface area contributed by atoms with Crippen LogP contribution in [0.1, 0.15) is 24.2 Å². The summed E-state index contributed by atoms with van der Waals surface area (Å²) in [6.45, 7) is 5.79. The van der Waals surface area contributed by atoms with Gasteiger partial charge in [-0.05, 0) is 68.7 Å². The molecule has 0 atom stereocenters. The van der Waals surface area contributed by atoms with Gasteiger partial charge in [-0.25, -0.2) is 18.4 Å². The fourth-order valence-electron chi connectivity index (χ4n) is 3.49. The number of anilines is 4. The molecule has 1 aliphatic rings. The normalized spacial score (nSPS) is 14.0. The Morgan fingerprint density at radius 1 is 0.900 bits per heavy atom. The summed E-state index contributed by atoms with van der Waals surface area (Å²) < 4.78 is 27.8. The quantitative estimate of drug-likeness (QED) is 0.617. The lowest BCUT2D eigenvalue weighted by molar-refractivity contribution is 0.601. The number of aryl methyl sites for hydroxylation is 2. The standard InChI is InChI=1S/C22H25N5O2S/c1-16-6-5-7-20(14-16)30(28,29)26-19-10-8-18(9-11-19)25-21-15-22(24-17(2)23-21)27-12-3-4-13-27/h5-11,14-15,26H,3-4,12-13H2,1-2H3,(H,23,24,25). The zero-order chi connectivity index (χ0) is 21.1. The van der Waals surface area contributed by atoms with Gasteiger partial charge in [0.25, 0.3) is 10.0 Å². The molecule has 2 N–H and O–H groups in total. The van der Waals surface area contributed by atoms with E-state index in [-0.39, 0.29) is 4.90 Å². The number of rotatable bonds is 6. The van der Waals surface area contributed by atoms with Crippen molar-refractivity contribution >= 4 is 33.0 Å². The fourth-order valence-corrected chi connectivity index (χ4v) is 4.65. The number of aromatic nitrogens is 2. The first-order valence-electron chi connectivity index (χ1n) is 9.96. The van der Waals surface area contributed by atoms with Gasteiger partial charge in [-0.3, -0.25) is 4.72 Å². The van der Waals surface area contributed by atoms with Crippen molar-refractivity contribution in [2.45, 2.75) is 31.6 Å². The van der Waals surface area contributed by atoms with Crippen LogP contribution < -0.4 is 14.9 Å². The lowest BCUT2D eigenvalue weighted by Crippen LogP contribution is -2.19. The second-order valence-corrected chi connectivity index (χ2v) is 9.16. The van der Waals surface area contributed by atoms with E-state index in [1.54, 1.807) is 30.3 Å². The Hall–Kier alpha value is -3.13. The molecule has 2 heterocycles. The molecule has 3 aromatic rings. The highest BCUT2D eigenvalue weighted by Gasteiger charge is 2.16. The maximum absolute atomic E-state index is 12.6. The Morgan fingerprint density at radius 3 is 2.30 bits per heavy atom. The molecule has 0 aliphatic carbocycles. The van der Waals surface area contributed by atoms with Crippen LogP contribution in [-0.4, -0.2) is 31.5 Å². The first-order valence-corrected chi connectivity index (χ1v) is 11.4. The molecule has 0 amide bonds. The second kappa shape index (κ2) is 8.31. The van der Waals surface area contributed by atoms with E-state index >= 15 is 0 Å². The minimum absolute atomic E-state index is 0.246. The Bertz CT molecular complexity index is 1140. The lowest BCUT2D eigenvalue weighted by Gasteiger charge is -2.18. The van der Waals surface area contributed by atoms with Crippen LogP contribution in [0.25, 0.3) is 0 Å². The maximum atomic E-state index is 12.6. The van der Waals surface area contributed by atoms with Crippen LogP contribution in [0, 0.1) is 13.8 Å². The summed E-state index contributed by atoms with van der Waals surface area (Å²) in [5, 5.41) is 3.28. The number of nitrogens with one attached hydrogen (secondary N) is 2. The van der Waals surface area contributed by atoms with Crippen molar-refractivity contribution in [1.29, 1.82) is 0 Å². The third-order valence-corrected chi connectivity index (χ3v) is 6.34. The first-order chi connectivity index (χ1) is 14.4. The number of hydrogen-bond acceptors (Lipinski definition) is 6. The zero-order valence-electron chi connectivity index (χ0n) is 17.1. The highest BCUT2D eigenvalue weighted by molar-refractivity contribution is 7.92. The van der Waals surface area contributed by atoms with E-state index in [0.29, 0.717) is 11.5 Å². The number of hydrogen-bond donors (Lipinski definition) is 2. The maximum Gasteiger partial charge on any atom is 0.261 e. The van der Waals surface area contributed by atoms with E-state index in [0.717, 1.165) is 36.0 Å². The molecular formula is C22H25N5O2S. The van der Waals surface area contributed by atoms with Gasteiger partial charge in [0.05, 0.1) is 4.90 Å².